The van der Waals surface area contributed by atoms with Gasteiger partial charge in [0.2, 0.25) is 0 Å². The smallest absolute Gasteiger partial charge is 0.144 e. The van der Waals surface area contributed by atoms with Crippen molar-refractivity contribution in [1.82, 2.24) is 15.0 Å². The van der Waals surface area contributed by atoms with Crippen molar-refractivity contribution < 1.29 is 20.1 Å². The van der Waals surface area contributed by atoms with E-state index in [2.05, 4.69) is 15.0 Å². The molecule has 4 N–H and O–H groups in total. The first-order valence-corrected chi connectivity index (χ1v) is 5.63. The number of H-pyrrole nitrogens is 1. The standard InChI is InChI=1S/C11H13N3O4/c15-4-7-8(16)9(17)10(18-7)11-13-5-1-2-12-3-6(5)14-11/h1-3,7-10,15-17H,4H2,(H,13,14)/t7-,8-,9+,10-/m1/s1. The van der Waals surface area contributed by atoms with E-state index in [1.54, 1.807) is 18.5 Å². The van der Waals surface area contributed by atoms with Crippen LogP contribution in [0.25, 0.3) is 11.0 Å². The van der Waals surface area contributed by atoms with E-state index >= 15 is 0 Å². The Balaban J connectivity index is 1.95. The maximum absolute atomic E-state index is 9.88. The molecular weight excluding hydrogens is 238 g/mol. The van der Waals surface area contributed by atoms with Crippen LogP contribution in [-0.4, -0.2) is 55.2 Å². The molecule has 2 aromatic heterocycles. The van der Waals surface area contributed by atoms with Crippen molar-refractivity contribution in [3.63, 3.8) is 0 Å². The van der Waals surface area contributed by atoms with E-state index in [4.69, 9.17) is 9.84 Å². The minimum Gasteiger partial charge on any atom is -0.394 e. The summed E-state index contributed by atoms with van der Waals surface area (Å²) < 4.78 is 5.39. The number of nitrogens with zero attached hydrogens (tertiary/aromatic N) is 2. The van der Waals surface area contributed by atoms with E-state index in [9.17, 15) is 10.2 Å². The van der Waals surface area contributed by atoms with Crippen LogP contribution in [0.15, 0.2) is 18.5 Å². The molecular formula is C11H13N3O4. The van der Waals surface area contributed by atoms with Gasteiger partial charge in [-0.3, -0.25) is 4.98 Å². The normalized spacial score (nSPS) is 32.2. The molecule has 3 heterocycles. The van der Waals surface area contributed by atoms with Gasteiger partial charge in [0, 0.05) is 6.20 Å². The molecule has 0 aliphatic carbocycles. The number of nitrogens with one attached hydrogen (secondary N) is 1. The molecule has 0 bridgehead atoms. The summed E-state index contributed by atoms with van der Waals surface area (Å²) in [5.74, 6) is 0.417. The van der Waals surface area contributed by atoms with Crippen LogP contribution in [0.3, 0.4) is 0 Å². The van der Waals surface area contributed by atoms with E-state index in [0.717, 1.165) is 5.52 Å². The monoisotopic (exact) mass is 251 g/mol. The summed E-state index contributed by atoms with van der Waals surface area (Å²) in [7, 11) is 0. The van der Waals surface area contributed by atoms with Gasteiger partial charge in [0.15, 0.2) is 0 Å². The zero-order valence-electron chi connectivity index (χ0n) is 9.39. The summed E-state index contributed by atoms with van der Waals surface area (Å²) in [4.78, 5) is 11.2. The van der Waals surface area contributed by atoms with Crippen LogP contribution in [0.5, 0.6) is 0 Å². The first kappa shape index (κ1) is 11.5. The molecule has 0 aromatic carbocycles. The lowest BCUT2D eigenvalue weighted by Gasteiger charge is -2.11. The van der Waals surface area contributed by atoms with E-state index in [1.807, 2.05) is 0 Å². The summed E-state index contributed by atoms with van der Waals surface area (Å²) in [6, 6.07) is 1.73. The molecule has 2 aromatic rings. The van der Waals surface area contributed by atoms with Gasteiger partial charge in [0.05, 0.1) is 23.8 Å². The van der Waals surface area contributed by atoms with Crippen molar-refractivity contribution in [3.8, 4) is 0 Å². The van der Waals surface area contributed by atoms with Crippen molar-refractivity contribution >= 4 is 11.0 Å². The van der Waals surface area contributed by atoms with Crippen LogP contribution in [0.4, 0.5) is 0 Å². The number of ether oxygens (including phenoxy) is 1. The number of fused-ring (bicyclic) bond motifs is 1. The third-order valence-electron chi connectivity index (χ3n) is 3.11. The number of hydrogen-bond donors (Lipinski definition) is 4. The van der Waals surface area contributed by atoms with E-state index in [-0.39, 0.29) is 6.61 Å². The van der Waals surface area contributed by atoms with Gasteiger partial charge < -0.3 is 25.0 Å². The van der Waals surface area contributed by atoms with Gasteiger partial charge in [-0.25, -0.2) is 4.98 Å². The van der Waals surface area contributed by atoms with Crippen molar-refractivity contribution in [2.45, 2.75) is 24.4 Å². The highest BCUT2D eigenvalue weighted by Crippen LogP contribution is 2.32. The molecule has 0 spiro atoms. The third kappa shape index (κ3) is 1.68. The molecule has 0 radical (unpaired) electrons. The number of aliphatic hydroxyl groups excluding tert-OH is 3. The van der Waals surface area contributed by atoms with Gasteiger partial charge in [0.1, 0.15) is 30.2 Å². The van der Waals surface area contributed by atoms with Crippen LogP contribution < -0.4 is 0 Å². The number of imidazole rings is 1. The summed E-state index contributed by atoms with van der Waals surface area (Å²) in [6.07, 6.45) is -0.569. The Kier molecular flexibility index (Phi) is 2.75. The largest absolute Gasteiger partial charge is 0.394 e. The molecule has 7 nitrogen and oxygen atoms in total. The minimum atomic E-state index is -1.12. The number of aliphatic hydroxyl groups is 3. The second kappa shape index (κ2) is 4.29. The first-order valence-electron chi connectivity index (χ1n) is 5.63. The van der Waals surface area contributed by atoms with Crippen LogP contribution in [0.1, 0.15) is 11.9 Å². The topological polar surface area (TPSA) is 111 Å². The van der Waals surface area contributed by atoms with Crippen molar-refractivity contribution in [1.29, 1.82) is 0 Å². The van der Waals surface area contributed by atoms with Crippen LogP contribution in [-0.2, 0) is 4.74 Å². The van der Waals surface area contributed by atoms with Crippen LogP contribution in [0.2, 0.25) is 0 Å². The Morgan fingerprint density at radius 1 is 1.33 bits per heavy atom. The van der Waals surface area contributed by atoms with E-state index in [0.29, 0.717) is 11.3 Å². The number of hydrogen-bond acceptors (Lipinski definition) is 6. The van der Waals surface area contributed by atoms with E-state index in [1.165, 1.54) is 0 Å². The zero-order chi connectivity index (χ0) is 12.7. The Morgan fingerprint density at radius 2 is 2.17 bits per heavy atom. The highest BCUT2D eigenvalue weighted by atomic mass is 16.6. The van der Waals surface area contributed by atoms with Crippen LogP contribution in [0, 0.1) is 0 Å². The fraction of sp³-hybridized carbons (Fsp3) is 0.455. The average molecular weight is 251 g/mol. The number of pyridine rings is 1. The highest BCUT2D eigenvalue weighted by Gasteiger charge is 2.44. The second-order valence-electron chi connectivity index (χ2n) is 4.27. The molecule has 1 saturated heterocycles. The maximum atomic E-state index is 9.88. The lowest BCUT2D eigenvalue weighted by Crippen LogP contribution is -2.32. The van der Waals surface area contributed by atoms with Gasteiger partial charge in [-0.2, -0.15) is 0 Å². The molecule has 1 aliphatic heterocycles. The van der Waals surface area contributed by atoms with Crippen LogP contribution >= 0.6 is 0 Å². The maximum Gasteiger partial charge on any atom is 0.144 e. The van der Waals surface area contributed by atoms with Gasteiger partial charge in [-0.15, -0.1) is 0 Å². The third-order valence-corrected chi connectivity index (χ3v) is 3.11. The number of aromatic amines is 1. The fourth-order valence-corrected chi connectivity index (χ4v) is 2.14. The molecule has 7 heteroatoms. The van der Waals surface area contributed by atoms with Crippen molar-refractivity contribution in [2.24, 2.45) is 0 Å². The van der Waals surface area contributed by atoms with Gasteiger partial charge in [-0.05, 0) is 6.07 Å². The molecule has 96 valence electrons. The van der Waals surface area contributed by atoms with E-state index < -0.39 is 24.4 Å². The Morgan fingerprint density at radius 3 is 2.83 bits per heavy atom. The lowest BCUT2D eigenvalue weighted by atomic mass is 10.1. The van der Waals surface area contributed by atoms with Crippen molar-refractivity contribution in [3.05, 3.63) is 24.3 Å². The zero-order valence-corrected chi connectivity index (χ0v) is 9.39. The summed E-state index contributed by atoms with van der Waals surface area (Å²) in [5, 5.41) is 28.6. The predicted molar refractivity (Wildman–Crippen MR) is 60.6 cm³/mol. The molecule has 1 fully saturated rings. The molecule has 0 amide bonds. The SMILES string of the molecule is OC[C@H]1O[C@@H](c2nc3ccncc3[nH]2)[C@@H](O)[C@@H]1O. The molecule has 18 heavy (non-hydrogen) atoms. The Labute approximate surface area is 102 Å². The van der Waals surface area contributed by atoms with Gasteiger partial charge in [-0.1, -0.05) is 0 Å². The summed E-state index contributed by atoms with van der Waals surface area (Å²) >= 11 is 0. The Bertz CT molecular complexity index is 525. The average Bonchev–Trinajstić information content (AvgIpc) is 2.92. The molecule has 1 aliphatic rings. The molecule has 0 saturated carbocycles. The van der Waals surface area contributed by atoms with Crippen molar-refractivity contribution in [2.75, 3.05) is 6.61 Å². The van der Waals surface area contributed by atoms with Gasteiger partial charge in [0.25, 0.3) is 0 Å². The predicted octanol–water partition coefficient (Wildman–Crippen LogP) is -0.888. The number of aromatic nitrogens is 3. The summed E-state index contributed by atoms with van der Waals surface area (Å²) in [5.41, 5.74) is 1.43. The minimum absolute atomic E-state index is 0.351. The lowest BCUT2D eigenvalue weighted by molar-refractivity contribution is -0.0249. The molecule has 4 atom stereocenters. The second-order valence-corrected chi connectivity index (χ2v) is 4.27. The highest BCUT2D eigenvalue weighted by molar-refractivity contribution is 5.73. The molecule has 0 unspecified atom stereocenters. The molecule has 3 rings (SSSR count). The van der Waals surface area contributed by atoms with Gasteiger partial charge >= 0.3 is 0 Å². The fourth-order valence-electron chi connectivity index (χ4n) is 2.14. The first-order chi connectivity index (χ1) is 8.70. The Hall–Kier alpha value is -1.54. The quantitative estimate of drug-likeness (QED) is 0.551. The summed E-state index contributed by atoms with van der Waals surface area (Å²) in [6.45, 7) is -0.351. The number of rotatable bonds is 2.